The van der Waals surface area contributed by atoms with Crippen LogP contribution in [0.5, 0.6) is 5.75 Å². The minimum Gasteiger partial charge on any atom is -0.508 e. The molecule has 0 atom stereocenters. The highest BCUT2D eigenvalue weighted by Crippen LogP contribution is 2.27. The molecule has 0 saturated carbocycles. The van der Waals surface area contributed by atoms with Crippen LogP contribution in [0, 0.1) is 5.92 Å². The molecule has 7 heteroatoms. The Hall–Kier alpha value is -2.67. The van der Waals surface area contributed by atoms with Crippen molar-refractivity contribution < 1.29 is 9.84 Å². The van der Waals surface area contributed by atoms with Gasteiger partial charge in [0.1, 0.15) is 5.75 Å². The molecule has 3 N–H and O–H groups in total. The molecule has 4 rings (SSSR count). The van der Waals surface area contributed by atoms with Crippen molar-refractivity contribution in [2.45, 2.75) is 25.7 Å². The van der Waals surface area contributed by atoms with Gasteiger partial charge in [0.15, 0.2) is 11.3 Å². The number of ether oxygens (including phenoxy) is 1. The molecule has 0 spiro atoms. The van der Waals surface area contributed by atoms with Gasteiger partial charge in [-0.25, -0.2) is 14.8 Å². The number of rotatable bonds is 4. The molecule has 1 aliphatic heterocycles. The Morgan fingerprint density at radius 3 is 2.48 bits per heavy atom. The zero-order valence-electron chi connectivity index (χ0n) is 13.8. The lowest BCUT2D eigenvalue weighted by Gasteiger charge is -2.22. The molecule has 25 heavy (non-hydrogen) atoms. The lowest BCUT2D eigenvalue weighted by molar-refractivity contribution is 0.0639. The molecule has 0 bridgehead atoms. The van der Waals surface area contributed by atoms with Crippen molar-refractivity contribution in [2.24, 2.45) is 5.92 Å². The number of nitrogens with zero attached hydrogens (tertiary/aromatic N) is 2. The summed E-state index contributed by atoms with van der Waals surface area (Å²) in [6, 6.07) is 6.88. The van der Waals surface area contributed by atoms with Crippen LogP contribution in [0.25, 0.3) is 22.6 Å². The summed E-state index contributed by atoms with van der Waals surface area (Å²) in [6.07, 6.45) is 3.96. The fourth-order valence-electron chi connectivity index (χ4n) is 3.29. The average molecular weight is 340 g/mol. The number of aromatic nitrogens is 4. The molecule has 1 saturated heterocycles. The number of fused-ring (bicyclic) bond motifs is 1. The number of aromatic hydroxyl groups is 1. The summed E-state index contributed by atoms with van der Waals surface area (Å²) >= 11 is 0. The smallest absolute Gasteiger partial charge is 0.326 e. The van der Waals surface area contributed by atoms with Crippen LogP contribution in [-0.4, -0.2) is 38.3 Å². The van der Waals surface area contributed by atoms with Gasteiger partial charge in [-0.2, -0.15) is 0 Å². The number of H-pyrrole nitrogens is 2. The third kappa shape index (κ3) is 3.41. The first-order valence-electron chi connectivity index (χ1n) is 8.55. The van der Waals surface area contributed by atoms with Gasteiger partial charge in [0, 0.05) is 18.8 Å². The Morgan fingerprint density at radius 1 is 1.08 bits per heavy atom. The first-order chi connectivity index (χ1) is 12.2. The van der Waals surface area contributed by atoms with E-state index in [1.807, 2.05) is 12.1 Å². The first kappa shape index (κ1) is 15.8. The van der Waals surface area contributed by atoms with Gasteiger partial charge in [-0.1, -0.05) is 0 Å². The molecule has 3 aromatic rings. The summed E-state index contributed by atoms with van der Waals surface area (Å²) < 4.78 is 5.42. The number of imidazole rings is 1. The molecule has 130 valence electrons. The van der Waals surface area contributed by atoms with E-state index in [1.54, 1.807) is 12.1 Å². The highest BCUT2D eigenvalue weighted by atomic mass is 16.5. The number of aryl methyl sites for hydroxylation is 1. The maximum atomic E-state index is 11.6. The predicted octanol–water partition coefficient (Wildman–Crippen LogP) is 2.38. The predicted molar refractivity (Wildman–Crippen MR) is 93.5 cm³/mol. The van der Waals surface area contributed by atoms with E-state index in [0.29, 0.717) is 17.2 Å². The second-order valence-corrected chi connectivity index (χ2v) is 6.44. The molecule has 0 radical (unpaired) electrons. The molecule has 2 aromatic heterocycles. The second-order valence-electron chi connectivity index (χ2n) is 6.44. The van der Waals surface area contributed by atoms with E-state index < -0.39 is 0 Å². The van der Waals surface area contributed by atoms with Gasteiger partial charge >= 0.3 is 5.69 Å². The molecule has 0 unspecified atom stereocenters. The average Bonchev–Trinajstić information content (AvgIpc) is 3.00. The summed E-state index contributed by atoms with van der Waals surface area (Å²) in [5.41, 5.74) is 3.09. The Labute approximate surface area is 144 Å². The van der Waals surface area contributed by atoms with E-state index in [9.17, 15) is 9.90 Å². The monoisotopic (exact) mass is 340 g/mol. The minimum absolute atomic E-state index is 0.205. The standard InChI is InChI=1S/C18H20N4O3/c23-13-4-2-12(3-5-13)15-14(6-1-11-7-9-25-10-8-11)19-16-17(20-15)22-18(24)21-16/h2-5,11,23H,1,6-10H2,(H2,19,20,21,22,24). The van der Waals surface area contributed by atoms with E-state index in [0.717, 1.165) is 55.8 Å². The molecule has 7 nitrogen and oxygen atoms in total. The highest BCUT2D eigenvalue weighted by Gasteiger charge is 2.17. The molecule has 1 aromatic carbocycles. The molecule has 1 aliphatic rings. The third-order valence-electron chi connectivity index (χ3n) is 4.70. The number of hydrogen-bond acceptors (Lipinski definition) is 5. The Bertz CT molecular complexity index is 924. The number of phenolic OH excluding ortho intramolecular Hbond substituents is 1. The van der Waals surface area contributed by atoms with Crippen molar-refractivity contribution in [3.63, 3.8) is 0 Å². The lowest BCUT2D eigenvalue weighted by atomic mass is 9.93. The molecular formula is C18H20N4O3. The summed E-state index contributed by atoms with van der Waals surface area (Å²) in [7, 11) is 0. The molecule has 1 fully saturated rings. The summed E-state index contributed by atoms with van der Waals surface area (Å²) in [5, 5.41) is 9.52. The number of phenols is 1. The maximum absolute atomic E-state index is 11.6. The summed E-state index contributed by atoms with van der Waals surface area (Å²) in [6.45, 7) is 1.65. The van der Waals surface area contributed by atoms with E-state index in [2.05, 4.69) is 19.9 Å². The lowest BCUT2D eigenvalue weighted by Crippen LogP contribution is -2.16. The fourth-order valence-corrected chi connectivity index (χ4v) is 3.29. The number of aromatic amines is 2. The van der Waals surface area contributed by atoms with Crippen LogP contribution in [0.15, 0.2) is 29.1 Å². The van der Waals surface area contributed by atoms with Crippen molar-refractivity contribution in [3.8, 4) is 17.0 Å². The Morgan fingerprint density at radius 2 is 1.76 bits per heavy atom. The van der Waals surface area contributed by atoms with E-state index in [-0.39, 0.29) is 11.4 Å². The first-order valence-corrected chi connectivity index (χ1v) is 8.55. The van der Waals surface area contributed by atoms with Crippen LogP contribution >= 0.6 is 0 Å². The number of hydrogen-bond donors (Lipinski definition) is 3. The number of nitrogens with one attached hydrogen (secondary N) is 2. The summed E-state index contributed by atoms with van der Waals surface area (Å²) in [4.78, 5) is 26.1. The zero-order valence-corrected chi connectivity index (χ0v) is 13.8. The van der Waals surface area contributed by atoms with E-state index in [1.165, 1.54) is 0 Å². The molecule has 0 aliphatic carbocycles. The van der Waals surface area contributed by atoms with Gasteiger partial charge in [0.05, 0.1) is 11.4 Å². The number of benzene rings is 1. The van der Waals surface area contributed by atoms with Crippen molar-refractivity contribution in [3.05, 3.63) is 40.4 Å². The van der Waals surface area contributed by atoms with Crippen molar-refractivity contribution in [1.82, 2.24) is 19.9 Å². The third-order valence-corrected chi connectivity index (χ3v) is 4.70. The van der Waals surface area contributed by atoms with Gasteiger partial charge in [0.25, 0.3) is 0 Å². The normalized spacial score (nSPS) is 15.7. The topological polar surface area (TPSA) is 104 Å². The van der Waals surface area contributed by atoms with Gasteiger partial charge in [0.2, 0.25) is 0 Å². The van der Waals surface area contributed by atoms with Crippen molar-refractivity contribution in [1.29, 1.82) is 0 Å². The van der Waals surface area contributed by atoms with Gasteiger partial charge in [-0.15, -0.1) is 0 Å². The summed E-state index contributed by atoms with van der Waals surface area (Å²) in [5.74, 6) is 0.834. The van der Waals surface area contributed by atoms with Gasteiger partial charge in [-0.05, 0) is 55.9 Å². The molecule has 3 heterocycles. The van der Waals surface area contributed by atoms with Gasteiger partial charge < -0.3 is 9.84 Å². The van der Waals surface area contributed by atoms with Crippen LogP contribution < -0.4 is 5.69 Å². The van der Waals surface area contributed by atoms with Crippen LogP contribution in [0.2, 0.25) is 0 Å². The van der Waals surface area contributed by atoms with Crippen LogP contribution in [0.1, 0.15) is 25.0 Å². The van der Waals surface area contributed by atoms with Crippen LogP contribution in [0.3, 0.4) is 0 Å². The van der Waals surface area contributed by atoms with Crippen LogP contribution in [-0.2, 0) is 11.2 Å². The van der Waals surface area contributed by atoms with Gasteiger partial charge in [-0.3, -0.25) is 9.97 Å². The second kappa shape index (κ2) is 6.68. The Kier molecular flexibility index (Phi) is 4.23. The highest BCUT2D eigenvalue weighted by molar-refractivity contribution is 5.72. The molecule has 0 amide bonds. The fraction of sp³-hybridized carbons (Fsp3) is 0.389. The molecular weight excluding hydrogens is 320 g/mol. The quantitative estimate of drug-likeness (QED) is 0.676. The maximum Gasteiger partial charge on any atom is 0.326 e. The van der Waals surface area contributed by atoms with Crippen LogP contribution in [0.4, 0.5) is 0 Å². The minimum atomic E-state index is -0.312. The van der Waals surface area contributed by atoms with Crippen molar-refractivity contribution >= 4 is 11.3 Å². The Balaban J connectivity index is 1.70. The van der Waals surface area contributed by atoms with E-state index in [4.69, 9.17) is 4.74 Å². The van der Waals surface area contributed by atoms with Crippen molar-refractivity contribution in [2.75, 3.05) is 13.2 Å². The SMILES string of the molecule is O=c1[nH]c2nc(CCC3CCOCC3)c(-c3ccc(O)cc3)nc2[nH]1. The zero-order chi connectivity index (χ0) is 17.2. The largest absolute Gasteiger partial charge is 0.508 e. The van der Waals surface area contributed by atoms with E-state index >= 15 is 0 Å².